The molecule has 0 bridgehead atoms. The largest absolute Gasteiger partial charge is 0.486 e. The third kappa shape index (κ3) is 3.93. The minimum Gasteiger partial charge on any atom is -0.486 e. The highest BCUT2D eigenvalue weighted by Crippen LogP contribution is 2.35. The summed E-state index contributed by atoms with van der Waals surface area (Å²) in [6, 6.07) is 11.6. The second-order valence-electron chi connectivity index (χ2n) is 6.34. The number of benzene rings is 2. The van der Waals surface area contributed by atoms with Gasteiger partial charge < -0.3 is 25.0 Å². The SMILES string of the molecule is O=C(Nc1cccc(Cl)c1)N[C@H]1CC(=O)N(c2ccc3c(c2)OCCO3)C1. The molecule has 0 radical (unpaired) electrons. The highest BCUT2D eigenvalue weighted by Gasteiger charge is 2.32. The molecule has 7 nitrogen and oxygen atoms in total. The van der Waals surface area contributed by atoms with Crippen LogP contribution in [0.15, 0.2) is 42.5 Å². The van der Waals surface area contributed by atoms with E-state index in [0.717, 1.165) is 5.69 Å². The number of amides is 3. The third-order valence-electron chi connectivity index (χ3n) is 4.38. The summed E-state index contributed by atoms with van der Waals surface area (Å²) in [4.78, 5) is 26.2. The van der Waals surface area contributed by atoms with E-state index in [1.54, 1.807) is 41.3 Å². The smallest absolute Gasteiger partial charge is 0.319 e. The summed E-state index contributed by atoms with van der Waals surface area (Å²) < 4.78 is 11.1. The van der Waals surface area contributed by atoms with Crippen molar-refractivity contribution >= 4 is 34.9 Å². The molecule has 4 rings (SSSR count). The van der Waals surface area contributed by atoms with Gasteiger partial charge >= 0.3 is 6.03 Å². The molecular formula is C19H18ClN3O4. The van der Waals surface area contributed by atoms with E-state index in [2.05, 4.69) is 10.6 Å². The molecule has 1 saturated heterocycles. The summed E-state index contributed by atoms with van der Waals surface area (Å²) >= 11 is 5.91. The molecule has 0 saturated carbocycles. The highest BCUT2D eigenvalue weighted by atomic mass is 35.5. The van der Waals surface area contributed by atoms with Crippen LogP contribution in [0.25, 0.3) is 0 Å². The molecule has 1 fully saturated rings. The first-order chi connectivity index (χ1) is 13.1. The Hall–Kier alpha value is -2.93. The fourth-order valence-electron chi connectivity index (χ4n) is 3.17. The number of fused-ring (bicyclic) bond motifs is 1. The molecule has 2 aromatic rings. The molecule has 2 aliphatic rings. The number of hydrogen-bond donors (Lipinski definition) is 2. The van der Waals surface area contributed by atoms with Crippen LogP contribution in [0.1, 0.15) is 6.42 Å². The van der Waals surface area contributed by atoms with Crippen molar-refractivity contribution in [2.24, 2.45) is 0 Å². The number of urea groups is 1. The van der Waals surface area contributed by atoms with Crippen LogP contribution < -0.4 is 25.0 Å². The predicted molar refractivity (Wildman–Crippen MR) is 102 cm³/mol. The molecule has 1 atom stereocenters. The van der Waals surface area contributed by atoms with Crippen molar-refractivity contribution in [3.8, 4) is 11.5 Å². The van der Waals surface area contributed by atoms with Gasteiger partial charge in [-0.05, 0) is 30.3 Å². The third-order valence-corrected chi connectivity index (χ3v) is 4.62. The van der Waals surface area contributed by atoms with Crippen LogP contribution in [0, 0.1) is 0 Å². The molecule has 0 spiro atoms. The van der Waals surface area contributed by atoms with Gasteiger partial charge in [-0.15, -0.1) is 0 Å². The van der Waals surface area contributed by atoms with Crippen LogP contribution >= 0.6 is 11.6 Å². The molecule has 2 heterocycles. The maximum Gasteiger partial charge on any atom is 0.319 e. The number of carbonyl (C=O) groups excluding carboxylic acids is 2. The fourth-order valence-corrected chi connectivity index (χ4v) is 3.36. The summed E-state index contributed by atoms with van der Waals surface area (Å²) in [6.45, 7) is 1.39. The van der Waals surface area contributed by atoms with Gasteiger partial charge in [0.25, 0.3) is 0 Å². The lowest BCUT2D eigenvalue weighted by atomic mass is 10.2. The monoisotopic (exact) mass is 387 g/mol. The summed E-state index contributed by atoms with van der Waals surface area (Å²) in [7, 11) is 0. The minimum absolute atomic E-state index is 0.0558. The van der Waals surface area contributed by atoms with Gasteiger partial charge in [0.05, 0.1) is 6.04 Å². The van der Waals surface area contributed by atoms with Gasteiger partial charge in [-0.2, -0.15) is 0 Å². The van der Waals surface area contributed by atoms with Gasteiger partial charge in [0.2, 0.25) is 5.91 Å². The Morgan fingerprint density at radius 1 is 1.11 bits per heavy atom. The number of carbonyl (C=O) groups is 2. The zero-order chi connectivity index (χ0) is 18.8. The average molecular weight is 388 g/mol. The zero-order valence-corrected chi connectivity index (χ0v) is 15.2. The lowest BCUT2D eigenvalue weighted by Crippen LogP contribution is -2.39. The van der Waals surface area contributed by atoms with Gasteiger partial charge in [-0.25, -0.2) is 4.79 Å². The molecular weight excluding hydrogens is 370 g/mol. The second-order valence-corrected chi connectivity index (χ2v) is 6.78. The van der Waals surface area contributed by atoms with Gasteiger partial charge in [0.1, 0.15) is 13.2 Å². The van der Waals surface area contributed by atoms with Crippen LogP contribution in [0.3, 0.4) is 0 Å². The van der Waals surface area contributed by atoms with Crippen molar-refractivity contribution in [2.45, 2.75) is 12.5 Å². The first kappa shape index (κ1) is 17.5. The Morgan fingerprint density at radius 3 is 2.74 bits per heavy atom. The van der Waals surface area contributed by atoms with E-state index in [1.165, 1.54) is 0 Å². The number of halogens is 1. The van der Waals surface area contributed by atoms with Crippen molar-refractivity contribution in [3.05, 3.63) is 47.5 Å². The standard InChI is InChI=1S/C19H18ClN3O4/c20-12-2-1-3-13(8-12)21-19(25)22-14-9-18(24)23(11-14)15-4-5-16-17(10-15)27-7-6-26-16/h1-5,8,10,14H,6-7,9,11H2,(H2,21,22,25)/t14-/m0/s1. The van der Waals surface area contributed by atoms with E-state index in [0.29, 0.717) is 42.0 Å². The van der Waals surface area contributed by atoms with E-state index in [4.69, 9.17) is 21.1 Å². The Kier molecular flexibility index (Phi) is 4.77. The Morgan fingerprint density at radius 2 is 1.93 bits per heavy atom. The number of nitrogens with one attached hydrogen (secondary N) is 2. The molecule has 0 aromatic heterocycles. The van der Waals surface area contributed by atoms with E-state index in [9.17, 15) is 9.59 Å². The van der Waals surface area contributed by atoms with Crippen LogP contribution in [0.5, 0.6) is 11.5 Å². The van der Waals surface area contributed by atoms with Crippen molar-refractivity contribution in [3.63, 3.8) is 0 Å². The first-order valence-corrected chi connectivity index (χ1v) is 8.99. The van der Waals surface area contributed by atoms with E-state index in [-0.39, 0.29) is 24.4 Å². The summed E-state index contributed by atoms with van der Waals surface area (Å²) in [6.07, 6.45) is 0.234. The molecule has 0 unspecified atom stereocenters. The van der Waals surface area contributed by atoms with Crippen LogP contribution in [0.2, 0.25) is 5.02 Å². The second kappa shape index (κ2) is 7.36. The van der Waals surface area contributed by atoms with Crippen molar-refractivity contribution < 1.29 is 19.1 Å². The number of hydrogen-bond acceptors (Lipinski definition) is 4. The zero-order valence-electron chi connectivity index (χ0n) is 14.4. The molecule has 8 heteroatoms. The molecule has 2 aromatic carbocycles. The molecule has 2 N–H and O–H groups in total. The molecule has 0 aliphatic carbocycles. The maximum absolute atomic E-state index is 12.4. The van der Waals surface area contributed by atoms with Gasteiger partial charge in [0.15, 0.2) is 11.5 Å². The van der Waals surface area contributed by atoms with Crippen LogP contribution in [0.4, 0.5) is 16.2 Å². The maximum atomic E-state index is 12.4. The summed E-state index contributed by atoms with van der Waals surface area (Å²) in [5.41, 5.74) is 1.32. The van der Waals surface area contributed by atoms with E-state index in [1.807, 2.05) is 6.07 Å². The average Bonchev–Trinajstić information content (AvgIpc) is 3.01. The Balaban J connectivity index is 1.39. The Bertz CT molecular complexity index is 889. The quantitative estimate of drug-likeness (QED) is 0.848. The van der Waals surface area contributed by atoms with Crippen molar-refractivity contribution in [2.75, 3.05) is 30.0 Å². The summed E-state index contributed by atoms with van der Waals surface area (Å²) in [5.74, 6) is 1.24. The van der Waals surface area contributed by atoms with Crippen molar-refractivity contribution in [1.29, 1.82) is 0 Å². The molecule has 140 valence electrons. The molecule has 2 aliphatic heterocycles. The normalized spacial score (nSPS) is 18.3. The first-order valence-electron chi connectivity index (χ1n) is 8.61. The van der Waals surface area contributed by atoms with E-state index < -0.39 is 0 Å². The highest BCUT2D eigenvalue weighted by molar-refractivity contribution is 6.30. The van der Waals surface area contributed by atoms with Crippen molar-refractivity contribution in [1.82, 2.24) is 5.32 Å². The number of rotatable bonds is 3. The number of ether oxygens (including phenoxy) is 2. The minimum atomic E-state index is -0.376. The number of nitrogens with zero attached hydrogens (tertiary/aromatic N) is 1. The van der Waals surface area contributed by atoms with Gasteiger partial charge in [-0.3, -0.25) is 4.79 Å². The van der Waals surface area contributed by atoms with Gasteiger partial charge in [0, 0.05) is 35.4 Å². The Labute approximate surface area is 161 Å². The number of anilines is 2. The van der Waals surface area contributed by atoms with Crippen LogP contribution in [-0.4, -0.2) is 37.7 Å². The lowest BCUT2D eigenvalue weighted by molar-refractivity contribution is -0.117. The fraction of sp³-hybridized carbons (Fsp3) is 0.263. The summed E-state index contributed by atoms with van der Waals surface area (Å²) in [5, 5.41) is 6.08. The lowest BCUT2D eigenvalue weighted by Gasteiger charge is -2.22. The van der Waals surface area contributed by atoms with E-state index >= 15 is 0 Å². The molecule has 3 amide bonds. The van der Waals surface area contributed by atoms with Gasteiger partial charge in [-0.1, -0.05) is 17.7 Å². The van der Waals surface area contributed by atoms with Crippen LogP contribution in [-0.2, 0) is 4.79 Å². The predicted octanol–water partition coefficient (Wildman–Crippen LogP) is 3.04. The topological polar surface area (TPSA) is 79.9 Å². The molecule has 27 heavy (non-hydrogen) atoms.